The van der Waals surface area contributed by atoms with Crippen molar-refractivity contribution in [3.8, 4) is 22.8 Å². The van der Waals surface area contributed by atoms with Crippen molar-refractivity contribution in [2.75, 3.05) is 13.3 Å². The zero-order valence-electron chi connectivity index (χ0n) is 16.4. The van der Waals surface area contributed by atoms with Crippen LogP contribution in [0.4, 0.5) is 0 Å². The molecule has 3 aromatic rings. The van der Waals surface area contributed by atoms with E-state index in [1.54, 1.807) is 4.68 Å². The second-order valence-corrected chi connectivity index (χ2v) is 7.47. The van der Waals surface area contributed by atoms with Crippen molar-refractivity contribution in [1.82, 2.24) is 20.4 Å². The molecule has 29 heavy (non-hydrogen) atoms. The minimum Gasteiger partial charge on any atom is -0.454 e. The summed E-state index contributed by atoms with van der Waals surface area (Å²) in [7, 11) is 0. The normalized spacial score (nSPS) is 17.2. The third-order valence-corrected chi connectivity index (χ3v) is 5.36. The van der Waals surface area contributed by atoms with E-state index in [1.807, 2.05) is 24.3 Å². The Morgan fingerprint density at radius 3 is 2.86 bits per heavy atom. The summed E-state index contributed by atoms with van der Waals surface area (Å²) in [5.74, 6) is 1.43. The Morgan fingerprint density at radius 1 is 1.14 bits per heavy atom. The van der Waals surface area contributed by atoms with Crippen molar-refractivity contribution in [2.24, 2.45) is 0 Å². The first kappa shape index (κ1) is 17.8. The summed E-state index contributed by atoms with van der Waals surface area (Å²) in [6.07, 6.45) is -0.132. The monoisotopic (exact) mass is 390 g/mol. The summed E-state index contributed by atoms with van der Waals surface area (Å²) < 4.78 is 12.6. The number of carbonyl (C=O) groups is 1. The zero-order chi connectivity index (χ0) is 20.0. The number of ether oxygens (including phenoxy) is 2. The average molecular weight is 390 g/mol. The largest absolute Gasteiger partial charge is 0.454 e. The molecule has 0 aliphatic carbocycles. The van der Waals surface area contributed by atoms with E-state index in [4.69, 9.17) is 14.6 Å². The summed E-state index contributed by atoms with van der Waals surface area (Å²) >= 11 is 0. The van der Waals surface area contributed by atoms with E-state index in [0.717, 1.165) is 33.9 Å². The van der Waals surface area contributed by atoms with Gasteiger partial charge in [0.2, 0.25) is 6.79 Å². The highest BCUT2D eigenvalue weighted by Gasteiger charge is 2.27. The molecule has 7 nitrogen and oxygen atoms in total. The van der Waals surface area contributed by atoms with Gasteiger partial charge in [0.15, 0.2) is 11.5 Å². The first-order valence-electron chi connectivity index (χ1n) is 9.66. The Balaban J connectivity index is 1.40. The van der Waals surface area contributed by atoms with Gasteiger partial charge in [-0.3, -0.25) is 10.1 Å². The van der Waals surface area contributed by atoms with Crippen LogP contribution in [0.2, 0.25) is 0 Å². The molecule has 1 aromatic heterocycles. The van der Waals surface area contributed by atoms with Gasteiger partial charge in [0.05, 0.1) is 12.2 Å². The van der Waals surface area contributed by atoms with Gasteiger partial charge in [-0.05, 0) is 43.2 Å². The van der Waals surface area contributed by atoms with Crippen LogP contribution in [0.3, 0.4) is 0 Å². The highest BCUT2D eigenvalue weighted by atomic mass is 16.7. The molecule has 3 heterocycles. The standard InChI is InChI=1S/C22H22N4O3/c1-13-3-5-16(14(2)7-13)17-9-18-22(27)24-11-21(26(18)25-17)23-10-15-4-6-19-20(8-15)29-12-28-19/h3-9,21,23H,10-12H2,1-2H3,(H,24,27)/t21-/m1/s1. The number of nitrogens with one attached hydrogen (secondary N) is 2. The third-order valence-electron chi connectivity index (χ3n) is 5.36. The van der Waals surface area contributed by atoms with Crippen LogP contribution < -0.4 is 20.1 Å². The summed E-state index contributed by atoms with van der Waals surface area (Å²) in [6, 6.07) is 14.0. The van der Waals surface area contributed by atoms with Crippen LogP contribution in [0.5, 0.6) is 11.5 Å². The van der Waals surface area contributed by atoms with Gasteiger partial charge in [0.25, 0.3) is 5.91 Å². The fourth-order valence-corrected chi connectivity index (χ4v) is 3.85. The molecule has 0 bridgehead atoms. The maximum Gasteiger partial charge on any atom is 0.269 e. The van der Waals surface area contributed by atoms with Crippen molar-refractivity contribution >= 4 is 5.91 Å². The molecular formula is C22H22N4O3. The van der Waals surface area contributed by atoms with E-state index < -0.39 is 0 Å². The van der Waals surface area contributed by atoms with Gasteiger partial charge < -0.3 is 14.8 Å². The lowest BCUT2D eigenvalue weighted by molar-refractivity contribution is 0.0900. The van der Waals surface area contributed by atoms with Crippen LogP contribution in [0.15, 0.2) is 42.5 Å². The van der Waals surface area contributed by atoms with Crippen molar-refractivity contribution in [2.45, 2.75) is 26.6 Å². The van der Waals surface area contributed by atoms with Gasteiger partial charge in [-0.25, -0.2) is 4.68 Å². The number of rotatable bonds is 4. The Hall–Kier alpha value is -3.32. The van der Waals surface area contributed by atoms with E-state index in [2.05, 4.69) is 42.7 Å². The van der Waals surface area contributed by atoms with E-state index >= 15 is 0 Å². The van der Waals surface area contributed by atoms with Gasteiger partial charge >= 0.3 is 0 Å². The molecule has 0 fully saturated rings. The number of amides is 1. The molecule has 1 amide bonds. The van der Waals surface area contributed by atoms with Gasteiger partial charge in [-0.2, -0.15) is 5.10 Å². The Labute approximate surface area is 168 Å². The minimum atomic E-state index is -0.132. The number of nitrogens with zero attached hydrogens (tertiary/aromatic N) is 2. The van der Waals surface area contributed by atoms with Gasteiger partial charge in [-0.15, -0.1) is 0 Å². The molecule has 2 aromatic carbocycles. The van der Waals surface area contributed by atoms with E-state index in [1.165, 1.54) is 5.56 Å². The van der Waals surface area contributed by atoms with Crippen LogP contribution in [0.1, 0.15) is 33.3 Å². The highest BCUT2D eigenvalue weighted by molar-refractivity contribution is 5.94. The molecule has 2 aliphatic rings. The maximum atomic E-state index is 12.4. The predicted octanol–water partition coefficient (Wildman–Crippen LogP) is 2.93. The number of fused-ring (bicyclic) bond motifs is 2. The van der Waals surface area contributed by atoms with Crippen LogP contribution in [-0.4, -0.2) is 29.0 Å². The molecule has 0 unspecified atom stereocenters. The second-order valence-electron chi connectivity index (χ2n) is 7.47. The molecule has 148 valence electrons. The molecule has 0 radical (unpaired) electrons. The molecule has 2 N–H and O–H groups in total. The number of carbonyl (C=O) groups excluding carboxylic acids is 1. The Morgan fingerprint density at radius 2 is 2.00 bits per heavy atom. The lowest BCUT2D eigenvalue weighted by atomic mass is 10.0. The first-order chi connectivity index (χ1) is 14.1. The Kier molecular flexibility index (Phi) is 4.24. The number of hydrogen-bond donors (Lipinski definition) is 2. The summed E-state index contributed by atoms with van der Waals surface area (Å²) in [5, 5.41) is 11.2. The zero-order valence-corrected chi connectivity index (χ0v) is 16.4. The topological polar surface area (TPSA) is 77.4 Å². The smallest absolute Gasteiger partial charge is 0.269 e. The van der Waals surface area contributed by atoms with Gasteiger partial charge in [-0.1, -0.05) is 29.8 Å². The lowest BCUT2D eigenvalue weighted by Gasteiger charge is -2.25. The van der Waals surface area contributed by atoms with Crippen molar-refractivity contribution in [3.05, 3.63) is 64.8 Å². The number of aryl methyl sites for hydroxylation is 2. The van der Waals surface area contributed by atoms with Crippen LogP contribution >= 0.6 is 0 Å². The predicted molar refractivity (Wildman–Crippen MR) is 108 cm³/mol. The molecule has 5 rings (SSSR count). The van der Waals surface area contributed by atoms with E-state index in [-0.39, 0.29) is 18.9 Å². The van der Waals surface area contributed by atoms with Crippen LogP contribution in [0.25, 0.3) is 11.3 Å². The van der Waals surface area contributed by atoms with Crippen molar-refractivity contribution in [1.29, 1.82) is 0 Å². The van der Waals surface area contributed by atoms with Gasteiger partial charge in [0.1, 0.15) is 11.9 Å². The number of benzene rings is 2. The fourth-order valence-electron chi connectivity index (χ4n) is 3.85. The van der Waals surface area contributed by atoms with Gasteiger partial charge in [0, 0.05) is 12.1 Å². The molecule has 1 atom stereocenters. The number of aromatic nitrogens is 2. The molecule has 7 heteroatoms. The van der Waals surface area contributed by atoms with Crippen LogP contribution in [0, 0.1) is 13.8 Å². The molecular weight excluding hydrogens is 368 g/mol. The molecule has 2 aliphatic heterocycles. The fraction of sp³-hybridized carbons (Fsp3) is 0.273. The quantitative estimate of drug-likeness (QED) is 0.716. The van der Waals surface area contributed by atoms with E-state index in [0.29, 0.717) is 18.8 Å². The SMILES string of the molecule is Cc1ccc(-c2cc3n(n2)[C@@H](NCc2ccc4c(c2)OCO4)CNC3=O)c(C)c1. The third kappa shape index (κ3) is 3.23. The number of hydrogen-bond acceptors (Lipinski definition) is 5. The summed E-state index contributed by atoms with van der Waals surface area (Å²) in [5.41, 5.74) is 5.84. The molecule has 0 saturated heterocycles. The van der Waals surface area contributed by atoms with Crippen molar-refractivity contribution < 1.29 is 14.3 Å². The van der Waals surface area contributed by atoms with Crippen molar-refractivity contribution in [3.63, 3.8) is 0 Å². The minimum absolute atomic E-state index is 0.102. The molecule has 0 spiro atoms. The Bertz CT molecular complexity index is 1110. The second kappa shape index (κ2) is 6.93. The van der Waals surface area contributed by atoms with E-state index in [9.17, 15) is 4.79 Å². The highest BCUT2D eigenvalue weighted by Crippen LogP contribution is 2.32. The summed E-state index contributed by atoms with van der Waals surface area (Å²) in [4.78, 5) is 12.4. The average Bonchev–Trinajstić information content (AvgIpc) is 3.34. The molecule has 0 saturated carbocycles. The maximum absolute atomic E-state index is 12.4. The summed E-state index contributed by atoms with van der Waals surface area (Å²) in [6.45, 7) is 5.49. The first-order valence-corrected chi connectivity index (χ1v) is 9.66. The van der Waals surface area contributed by atoms with Crippen LogP contribution in [-0.2, 0) is 6.54 Å². The lowest BCUT2D eigenvalue weighted by Crippen LogP contribution is -2.45.